The van der Waals surface area contributed by atoms with Crippen molar-refractivity contribution >= 4 is 21.9 Å². The van der Waals surface area contributed by atoms with Gasteiger partial charge in [0.1, 0.15) is 6.10 Å². The van der Waals surface area contributed by atoms with E-state index in [-0.39, 0.29) is 40.2 Å². The van der Waals surface area contributed by atoms with Crippen molar-refractivity contribution in [2.45, 2.75) is 96.4 Å². The molecule has 4 heterocycles. The fourth-order valence-electron chi connectivity index (χ4n) is 6.67. The van der Waals surface area contributed by atoms with Gasteiger partial charge in [-0.3, -0.25) is 4.79 Å². The molecule has 1 saturated heterocycles. The van der Waals surface area contributed by atoms with Gasteiger partial charge in [0.25, 0.3) is 15.9 Å². The molecule has 3 atom stereocenters. The second-order valence-electron chi connectivity index (χ2n) is 13.3. The van der Waals surface area contributed by atoms with Gasteiger partial charge in [-0.1, -0.05) is 38.1 Å². The van der Waals surface area contributed by atoms with Gasteiger partial charge in [-0.2, -0.15) is 4.98 Å². The van der Waals surface area contributed by atoms with Crippen LogP contribution in [0, 0.1) is 19.8 Å². The SMILES string of the molecule is Cc1cccc(C)c1-c1cc2nc(n1)NS(=O)(=O)c1cccc(c1)C(=O)N1C(c3ncc(OC(C)C)cn3)CCCC(O2)[C@H]1CC(C)C. The van der Waals surface area contributed by atoms with Crippen LogP contribution >= 0.6 is 0 Å². The van der Waals surface area contributed by atoms with E-state index >= 15 is 0 Å². The van der Waals surface area contributed by atoms with E-state index in [2.05, 4.69) is 38.5 Å². The summed E-state index contributed by atoms with van der Waals surface area (Å²) >= 11 is 0. The fourth-order valence-corrected chi connectivity index (χ4v) is 7.66. The maximum absolute atomic E-state index is 14.7. The van der Waals surface area contributed by atoms with Gasteiger partial charge >= 0.3 is 0 Å². The molecule has 0 aliphatic carbocycles. The van der Waals surface area contributed by atoms with Crippen molar-refractivity contribution in [3.63, 3.8) is 0 Å². The highest BCUT2D eigenvalue weighted by Crippen LogP contribution is 2.39. The second-order valence-corrected chi connectivity index (χ2v) is 15.0. The number of nitrogens with zero attached hydrogens (tertiary/aromatic N) is 5. The smallest absolute Gasteiger partial charge is 0.264 e. The zero-order valence-corrected chi connectivity index (χ0v) is 29.0. The number of nitrogens with one attached hydrogen (secondary N) is 1. The molecule has 6 rings (SSSR count). The van der Waals surface area contributed by atoms with Crippen molar-refractivity contribution in [2.75, 3.05) is 4.72 Å². The van der Waals surface area contributed by atoms with Gasteiger partial charge in [0.2, 0.25) is 11.8 Å². The first-order chi connectivity index (χ1) is 22.9. The topological polar surface area (TPSA) is 136 Å². The van der Waals surface area contributed by atoms with Gasteiger partial charge in [-0.15, -0.1) is 0 Å². The lowest BCUT2D eigenvalue weighted by Gasteiger charge is -2.39. The molecular formula is C36H42N6O5S. The number of rotatable bonds is 6. The first-order valence-corrected chi connectivity index (χ1v) is 17.9. The van der Waals surface area contributed by atoms with Gasteiger partial charge in [-0.05, 0) is 88.6 Å². The molecule has 252 valence electrons. The van der Waals surface area contributed by atoms with Gasteiger partial charge in [0.05, 0.1) is 41.2 Å². The summed E-state index contributed by atoms with van der Waals surface area (Å²) in [5.74, 6) is 1.03. The number of sulfonamides is 1. The van der Waals surface area contributed by atoms with Crippen LogP contribution in [-0.2, 0) is 10.0 Å². The standard InChI is InChI=1S/C36H42N6O5S/c1-21(2)16-30-31-15-9-14-29(34-37-19-26(20-38-34)46-22(3)4)42(30)35(43)25-12-8-13-27(17-25)48(44,45)41-36-39-28(18-32(40-36)47-31)33-23(5)10-7-11-24(33)6/h7-8,10-13,17-22,29-31H,9,14-16H2,1-6H3,(H,39,40,41)/t29?,30-,31?/m1/s1. The van der Waals surface area contributed by atoms with Crippen LogP contribution in [0.15, 0.2) is 65.8 Å². The Hall–Kier alpha value is -4.58. The van der Waals surface area contributed by atoms with E-state index in [0.717, 1.165) is 23.1 Å². The van der Waals surface area contributed by atoms with E-state index < -0.39 is 28.2 Å². The Morgan fingerprint density at radius 3 is 2.38 bits per heavy atom. The first-order valence-electron chi connectivity index (χ1n) is 16.5. The molecule has 2 aromatic carbocycles. The molecule has 1 N–H and O–H groups in total. The van der Waals surface area contributed by atoms with Crippen molar-refractivity contribution < 1.29 is 22.7 Å². The van der Waals surface area contributed by atoms with Crippen molar-refractivity contribution in [1.29, 1.82) is 0 Å². The van der Waals surface area contributed by atoms with Crippen LogP contribution in [0.2, 0.25) is 0 Å². The predicted molar refractivity (Wildman–Crippen MR) is 182 cm³/mol. The van der Waals surface area contributed by atoms with Crippen molar-refractivity contribution in [2.24, 2.45) is 5.92 Å². The van der Waals surface area contributed by atoms with Gasteiger partial charge in [0, 0.05) is 17.2 Å². The third-order valence-electron chi connectivity index (χ3n) is 8.68. The van der Waals surface area contributed by atoms with Crippen LogP contribution in [-0.4, -0.2) is 57.4 Å². The minimum atomic E-state index is -4.18. The fraction of sp³-hybridized carbons (Fsp3) is 0.417. The van der Waals surface area contributed by atoms with Crippen LogP contribution in [0.1, 0.15) is 86.7 Å². The van der Waals surface area contributed by atoms with E-state index in [1.54, 1.807) is 30.6 Å². The molecule has 2 unspecified atom stereocenters. The average Bonchev–Trinajstić information content (AvgIpc) is 3.19. The summed E-state index contributed by atoms with van der Waals surface area (Å²) < 4.78 is 42.6. The van der Waals surface area contributed by atoms with Crippen molar-refractivity contribution in [3.8, 4) is 22.9 Å². The maximum atomic E-state index is 14.7. The van der Waals surface area contributed by atoms with Crippen molar-refractivity contribution in [3.05, 3.63) is 83.4 Å². The van der Waals surface area contributed by atoms with E-state index in [4.69, 9.17) is 9.47 Å². The minimum Gasteiger partial charge on any atom is -0.488 e. The highest BCUT2D eigenvalue weighted by atomic mass is 32.2. The molecule has 2 aliphatic heterocycles. The van der Waals surface area contributed by atoms with E-state index in [1.165, 1.54) is 12.1 Å². The summed E-state index contributed by atoms with van der Waals surface area (Å²) in [5.41, 5.74) is 3.61. The molecule has 1 fully saturated rings. The number of hydrogen-bond donors (Lipinski definition) is 1. The Bertz CT molecular complexity index is 1890. The molecule has 2 aromatic heterocycles. The van der Waals surface area contributed by atoms with Crippen LogP contribution in [0.3, 0.4) is 0 Å². The lowest BCUT2D eigenvalue weighted by molar-refractivity contribution is 0.0257. The number of carbonyl (C=O) groups is 1. The molecule has 48 heavy (non-hydrogen) atoms. The largest absolute Gasteiger partial charge is 0.488 e. The number of amides is 1. The Kier molecular flexibility index (Phi) is 9.37. The number of hydrogen-bond acceptors (Lipinski definition) is 9. The monoisotopic (exact) mass is 670 g/mol. The summed E-state index contributed by atoms with van der Waals surface area (Å²) in [7, 11) is -4.18. The van der Waals surface area contributed by atoms with E-state index in [1.807, 2.05) is 50.8 Å². The number of fused-ring (bicyclic) bond motifs is 6. The molecule has 0 radical (unpaired) electrons. The summed E-state index contributed by atoms with van der Waals surface area (Å²) in [6, 6.07) is 12.9. The Balaban J connectivity index is 1.54. The number of carbonyl (C=O) groups excluding carboxylic acids is 1. The molecule has 0 spiro atoms. The second kappa shape index (κ2) is 13.5. The third kappa shape index (κ3) is 6.99. The van der Waals surface area contributed by atoms with Gasteiger partial charge < -0.3 is 14.4 Å². The van der Waals surface area contributed by atoms with Crippen molar-refractivity contribution in [1.82, 2.24) is 24.8 Å². The summed E-state index contributed by atoms with van der Waals surface area (Å²) in [6.45, 7) is 12.1. The van der Waals surface area contributed by atoms with Gasteiger partial charge in [0.15, 0.2) is 11.6 Å². The lowest BCUT2D eigenvalue weighted by Crippen LogP contribution is -2.50. The molecule has 11 nitrogen and oxygen atoms in total. The number of aromatic nitrogens is 4. The van der Waals surface area contributed by atoms with Crippen LogP contribution in [0.4, 0.5) is 5.95 Å². The molecular weight excluding hydrogens is 629 g/mol. The third-order valence-corrected chi connectivity index (χ3v) is 10.0. The molecule has 2 aliphatic rings. The zero-order chi connectivity index (χ0) is 34.2. The maximum Gasteiger partial charge on any atom is 0.264 e. The summed E-state index contributed by atoms with van der Waals surface area (Å²) in [5, 5.41) is 0. The molecule has 12 heteroatoms. The van der Waals surface area contributed by atoms with Crippen LogP contribution in [0.5, 0.6) is 11.6 Å². The Labute approximate surface area is 282 Å². The molecule has 4 aromatic rings. The quantitative estimate of drug-likeness (QED) is 0.238. The lowest BCUT2D eigenvalue weighted by atomic mass is 9.95. The number of ether oxygens (including phenoxy) is 2. The van der Waals surface area contributed by atoms with E-state index in [0.29, 0.717) is 36.5 Å². The summed E-state index contributed by atoms with van der Waals surface area (Å²) in [6.07, 6.45) is 5.36. The zero-order valence-electron chi connectivity index (χ0n) is 28.2. The van der Waals surface area contributed by atoms with Crippen LogP contribution < -0.4 is 14.2 Å². The molecule has 1 amide bonds. The molecule has 0 saturated carbocycles. The van der Waals surface area contributed by atoms with Gasteiger partial charge in [-0.25, -0.2) is 28.1 Å². The number of anilines is 1. The predicted octanol–water partition coefficient (Wildman–Crippen LogP) is 6.68. The highest BCUT2D eigenvalue weighted by molar-refractivity contribution is 7.92. The molecule has 6 bridgehead atoms. The van der Waals surface area contributed by atoms with E-state index in [9.17, 15) is 13.2 Å². The first kappa shape index (κ1) is 33.3. The normalized spacial score (nSPS) is 20.5. The average molecular weight is 671 g/mol. The minimum absolute atomic E-state index is 0.0398. The van der Waals surface area contributed by atoms with Crippen LogP contribution in [0.25, 0.3) is 11.3 Å². The number of benzene rings is 2. The Morgan fingerprint density at radius 1 is 0.979 bits per heavy atom. The summed E-state index contributed by atoms with van der Waals surface area (Å²) in [4.78, 5) is 35.0. The Morgan fingerprint density at radius 2 is 1.69 bits per heavy atom. The highest BCUT2D eigenvalue weighted by Gasteiger charge is 2.42. The number of aryl methyl sites for hydroxylation is 2.